The Bertz CT molecular complexity index is 480. The third-order valence-corrected chi connectivity index (χ3v) is 2.45. The SMILES string of the molecule is Cc1ccccc1NCc1cc(N)ccn1. The summed E-state index contributed by atoms with van der Waals surface area (Å²) >= 11 is 0. The molecule has 0 bridgehead atoms. The van der Waals surface area contributed by atoms with Crippen molar-refractivity contribution in [1.29, 1.82) is 0 Å². The summed E-state index contributed by atoms with van der Waals surface area (Å²) in [7, 11) is 0. The maximum absolute atomic E-state index is 5.69. The van der Waals surface area contributed by atoms with Crippen molar-refractivity contribution in [3.63, 3.8) is 0 Å². The second-order valence-corrected chi connectivity index (χ2v) is 3.75. The molecule has 2 rings (SSSR count). The first kappa shape index (κ1) is 10.5. The van der Waals surface area contributed by atoms with Gasteiger partial charge in [-0.25, -0.2) is 0 Å². The minimum Gasteiger partial charge on any atom is -0.399 e. The summed E-state index contributed by atoms with van der Waals surface area (Å²) in [6.07, 6.45) is 1.73. The second kappa shape index (κ2) is 4.66. The van der Waals surface area contributed by atoms with Crippen LogP contribution in [0.4, 0.5) is 11.4 Å². The van der Waals surface area contributed by atoms with Gasteiger partial charge in [0, 0.05) is 17.6 Å². The van der Waals surface area contributed by atoms with Gasteiger partial charge >= 0.3 is 0 Å². The van der Waals surface area contributed by atoms with Crippen LogP contribution in [-0.4, -0.2) is 4.98 Å². The molecule has 1 heterocycles. The zero-order valence-corrected chi connectivity index (χ0v) is 9.27. The van der Waals surface area contributed by atoms with Crippen molar-refractivity contribution in [3.8, 4) is 0 Å². The number of hydrogen-bond acceptors (Lipinski definition) is 3. The molecule has 3 heteroatoms. The van der Waals surface area contributed by atoms with Crippen molar-refractivity contribution in [1.82, 2.24) is 4.98 Å². The number of nitrogens with zero attached hydrogens (tertiary/aromatic N) is 1. The third kappa shape index (κ3) is 2.51. The minimum absolute atomic E-state index is 0.690. The Kier molecular flexibility index (Phi) is 3.05. The second-order valence-electron chi connectivity index (χ2n) is 3.75. The summed E-state index contributed by atoms with van der Waals surface area (Å²) in [5.41, 5.74) is 9.74. The van der Waals surface area contributed by atoms with Gasteiger partial charge in [0.15, 0.2) is 0 Å². The van der Waals surface area contributed by atoms with E-state index in [1.165, 1.54) is 5.56 Å². The highest BCUT2D eigenvalue weighted by Gasteiger charge is 1.98. The molecule has 0 amide bonds. The highest BCUT2D eigenvalue weighted by atomic mass is 14.9. The summed E-state index contributed by atoms with van der Waals surface area (Å²) in [5.74, 6) is 0. The van der Waals surface area contributed by atoms with Gasteiger partial charge in [-0.1, -0.05) is 18.2 Å². The molecular weight excluding hydrogens is 198 g/mol. The summed E-state index contributed by atoms with van der Waals surface area (Å²) < 4.78 is 0. The molecule has 16 heavy (non-hydrogen) atoms. The lowest BCUT2D eigenvalue weighted by Crippen LogP contribution is -2.03. The Morgan fingerprint density at radius 2 is 2.06 bits per heavy atom. The Morgan fingerprint density at radius 3 is 2.81 bits per heavy atom. The summed E-state index contributed by atoms with van der Waals surface area (Å²) in [6, 6.07) is 11.8. The molecule has 82 valence electrons. The van der Waals surface area contributed by atoms with Gasteiger partial charge in [-0.2, -0.15) is 0 Å². The monoisotopic (exact) mass is 213 g/mol. The van der Waals surface area contributed by atoms with Crippen LogP contribution in [0.3, 0.4) is 0 Å². The van der Waals surface area contributed by atoms with Gasteiger partial charge in [0.25, 0.3) is 0 Å². The summed E-state index contributed by atoms with van der Waals surface area (Å²) in [5, 5.41) is 3.34. The molecule has 0 saturated carbocycles. The molecule has 3 nitrogen and oxygen atoms in total. The molecule has 2 aromatic rings. The zero-order chi connectivity index (χ0) is 11.4. The number of rotatable bonds is 3. The van der Waals surface area contributed by atoms with E-state index in [0.717, 1.165) is 17.1 Å². The number of pyridine rings is 1. The lowest BCUT2D eigenvalue weighted by molar-refractivity contribution is 1.04. The molecule has 0 radical (unpaired) electrons. The predicted molar refractivity (Wildman–Crippen MR) is 67.2 cm³/mol. The van der Waals surface area contributed by atoms with Crippen LogP contribution in [0.1, 0.15) is 11.3 Å². The summed E-state index contributed by atoms with van der Waals surface area (Å²) in [6.45, 7) is 2.77. The highest BCUT2D eigenvalue weighted by molar-refractivity contribution is 5.50. The number of nitrogen functional groups attached to an aromatic ring is 1. The molecule has 0 saturated heterocycles. The fraction of sp³-hybridized carbons (Fsp3) is 0.154. The number of aryl methyl sites for hydroxylation is 1. The number of benzene rings is 1. The predicted octanol–water partition coefficient (Wildman–Crippen LogP) is 2.58. The molecule has 0 aliphatic heterocycles. The molecule has 0 fully saturated rings. The molecule has 0 aliphatic rings. The van der Waals surface area contributed by atoms with Crippen LogP contribution >= 0.6 is 0 Å². The first-order valence-electron chi connectivity index (χ1n) is 5.25. The van der Waals surface area contributed by atoms with E-state index >= 15 is 0 Å². The van der Waals surface area contributed by atoms with E-state index in [1.807, 2.05) is 18.2 Å². The van der Waals surface area contributed by atoms with Crippen LogP contribution in [0.25, 0.3) is 0 Å². The van der Waals surface area contributed by atoms with E-state index in [2.05, 4.69) is 29.4 Å². The number of anilines is 2. The van der Waals surface area contributed by atoms with Crippen LogP contribution in [0.5, 0.6) is 0 Å². The van der Waals surface area contributed by atoms with Crippen molar-refractivity contribution in [2.24, 2.45) is 0 Å². The molecular formula is C13H15N3. The first-order valence-corrected chi connectivity index (χ1v) is 5.25. The highest BCUT2D eigenvalue weighted by Crippen LogP contribution is 2.14. The van der Waals surface area contributed by atoms with E-state index in [0.29, 0.717) is 6.54 Å². The van der Waals surface area contributed by atoms with Gasteiger partial charge in [-0.05, 0) is 30.7 Å². The van der Waals surface area contributed by atoms with Crippen molar-refractivity contribution >= 4 is 11.4 Å². The number of para-hydroxylation sites is 1. The van der Waals surface area contributed by atoms with Gasteiger partial charge in [-0.3, -0.25) is 4.98 Å². The topological polar surface area (TPSA) is 50.9 Å². The normalized spacial score (nSPS) is 10.1. The van der Waals surface area contributed by atoms with E-state index < -0.39 is 0 Å². The van der Waals surface area contributed by atoms with E-state index in [-0.39, 0.29) is 0 Å². The number of nitrogens with two attached hydrogens (primary N) is 1. The molecule has 0 atom stereocenters. The molecule has 0 unspecified atom stereocenters. The van der Waals surface area contributed by atoms with Crippen molar-refractivity contribution in [2.45, 2.75) is 13.5 Å². The van der Waals surface area contributed by atoms with Crippen LogP contribution in [0, 0.1) is 6.92 Å². The van der Waals surface area contributed by atoms with Gasteiger partial charge in [-0.15, -0.1) is 0 Å². The smallest absolute Gasteiger partial charge is 0.0615 e. The maximum atomic E-state index is 5.69. The van der Waals surface area contributed by atoms with Crippen LogP contribution in [-0.2, 0) is 6.54 Å². The van der Waals surface area contributed by atoms with Crippen molar-refractivity contribution < 1.29 is 0 Å². The van der Waals surface area contributed by atoms with Crippen LogP contribution in [0.2, 0.25) is 0 Å². The number of aromatic nitrogens is 1. The molecule has 0 spiro atoms. The minimum atomic E-state index is 0.690. The van der Waals surface area contributed by atoms with E-state index in [4.69, 9.17) is 5.73 Å². The molecule has 1 aromatic carbocycles. The zero-order valence-electron chi connectivity index (χ0n) is 9.27. The Hall–Kier alpha value is -2.03. The van der Waals surface area contributed by atoms with Crippen LogP contribution < -0.4 is 11.1 Å². The van der Waals surface area contributed by atoms with Gasteiger partial charge in [0.1, 0.15) is 0 Å². The van der Waals surface area contributed by atoms with Crippen molar-refractivity contribution in [2.75, 3.05) is 11.1 Å². The first-order chi connectivity index (χ1) is 7.75. The maximum Gasteiger partial charge on any atom is 0.0615 e. The summed E-state index contributed by atoms with van der Waals surface area (Å²) in [4.78, 5) is 4.24. The lowest BCUT2D eigenvalue weighted by Gasteiger charge is -2.08. The third-order valence-electron chi connectivity index (χ3n) is 2.45. The van der Waals surface area contributed by atoms with E-state index in [1.54, 1.807) is 12.3 Å². The quantitative estimate of drug-likeness (QED) is 0.824. The van der Waals surface area contributed by atoms with Crippen LogP contribution in [0.15, 0.2) is 42.6 Å². The lowest BCUT2D eigenvalue weighted by atomic mass is 10.2. The average molecular weight is 213 g/mol. The standard InChI is InChI=1S/C13H15N3/c1-10-4-2-3-5-13(10)16-9-12-8-11(14)6-7-15-12/h2-8,16H,9H2,1H3,(H2,14,15). The Balaban J connectivity index is 2.05. The number of hydrogen-bond donors (Lipinski definition) is 2. The average Bonchev–Trinajstić information content (AvgIpc) is 2.28. The molecule has 0 aliphatic carbocycles. The largest absolute Gasteiger partial charge is 0.399 e. The fourth-order valence-electron chi connectivity index (χ4n) is 1.55. The number of nitrogens with one attached hydrogen (secondary N) is 1. The van der Waals surface area contributed by atoms with Gasteiger partial charge in [0.2, 0.25) is 0 Å². The molecule has 3 N–H and O–H groups in total. The Labute approximate surface area is 95.3 Å². The molecule has 1 aromatic heterocycles. The van der Waals surface area contributed by atoms with E-state index in [9.17, 15) is 0 Å². The van der Waals surface area contributed by atoms with Gasteiger partial charge in [0.05, 0.1) is 12.2 Å². The van der Waals surface area contributed by atoms with Gasteiger partial charge < -0.3 is 11.1 Å². The van der Waals surface area contributed by atoms with Crippen molar-refractivity contribution in [3.05, 3.63) is 53.9 Å². The Morgan fingerprint density at radius 1 is 1.25 bits per heavy atom. The fourth-order valence-corrected chi connectivity index (χ4v) is 1.55.